The third-order valence-corrected chi connectivity index (χ3v) is 2.76. The molecule has 1 unspecified atom stereocenters. The average molecular weight is 213 g/mol. The van der Waals surface area contributed by atoms with Crippen LogP contribution in [0.3, 0.4) is 0 Å². The van der Waals surface area contributed by atoms with Gasteiger partial charge in [0.15, 0.2) is 0 Å². The molecule has 0 amide bonds. The Labute approximate surface area is 92.5 Å². The molecular weight excluding hydrogens is 190 g/mol. The molecule has 88 valence electrons. The molecule has 0 spiro atoms. The highest BCUT2D eigenvalue weighted by Crippen LogP contribution is 2.34. The van der Waals surface area contributed by atoms with Gasteiger partial charge in [-0.3, -0.25) is 0 Å². The minimum absolute atomic E-state index is 0.114. The van der Waals surface area contributed by atoms with Crippen molar-refractivity contribution in [1.29, 1.82) is 0 Å². The van der Waals surface area contributed by atoms with Crippen LogP contribution in [0.5, 0.6) is 0 Å². The van der Waals surface area contributed by atoms with E-state index in [4.69, 9.17) is 9.84 Å². The van der Waals surface area contributed by atoms with Crippen LogP contribution in [0.1, 0.15) is 25.7 Å². The summed E-state index contributed by atoms with van der Waals surface area (Å²) in [5, 5.41) is 12.1. The summed E-state index contributed by atoms with van der Waals surface area (Å²) in [6.45, 7) is 5.89. The molecular formula is C12H23NO2. The van der Waals surface area contributed by atoms with E-state index in [1.165, 1.54) is 19.3 Å². The van der Waals surface area contributed by atoms with Crippen molar-refractivity contribution in [3.63, 3.8) is 0 Å². The van der Waals surface area contributed by atoms with Crippen LogP contribution >= 0.6 is 0 Å². The molecule has 15 heavy (non-hydrogen) atoms. The summed E-state index contributed by atoms with van der Waals surface area (Å²) in [6.07, 6.45) is 7.00. The van der Waals surface area contributed by atoms with Crippen LogP contribution < -0.4 is 5.32 Å². The molecule has 0 radical (unpaired) electrons. The largest absolute Gasteiger partial charge is 0.394 e. The van der Waals surface area contributed by atoms with Crippen molar-refractivity contribution >= 4 is 0 Å². The fraction of sp³-hybridized carbons (Fsp3) is 0.833. The first kappa shape index (κ1) is 12.7. The van der Waals surface area contributed by atoms with Gasteiger partial charge in [-0.25, -0.2) is 0 Å². The van der Waals surface area contributed by atoms with E-state index in [1.54, 1.807) is 0 Å². The van der Waals surface area contributed by atoms with Gasteiger partial charge >= 0.3 is 0 Å². The Kier molecular flexibility index (Phi) is 6.64. The first-order valence-corrected chi connectivity index (χ1v) is 5.91. The van der Waals surface area contributed by atoms with Gasteiger partial charge in [0.05, 0.1) is 19.8 Å². The Morgan fingerprint density at radius 1 is 1.47 bits per heavy atom. The van der Waals surface area contributed by atoms with Crippen LogP contribution in [0.25, 0.3) is 0 Å². The number of aliphatic hydroxyl groups excluding tert-OH is 1. The molecule has 1 saturated carbocycles. The van der Waals surface area contributed by atoms with Crippen LogP contribution in [0.15, 0.2) is 12.7 Å². The van der Waals surface area contributed by atoms with Gasteiger partial charge in [-0.2, -0.15) is 0 Å². The monoisotopic (exact) mass is 213 g/mol. The molecule has 1 fully saturated rings. The van der Waals surface area contributed by atoms with Crippen LogP contribution in [0.2, 0.25) is 0 Å². The molecule has 1 aliphatic carbocycles. The molecule has 1 rings (SSSR count). The molecule has 1 aliphatic rings. The summed E-state index contributed by atoms with van der Waals surface area (Å²) >= 11 is 0. The third kappa shape index (κ3) is 5.92. The average Bonchev–Trinajstić information content (AvgIpc) is 3.06. The lowest BCUT2D eigenvalue weighted by molar-refractivity contribution is 0.0920. The Balaban J connectivity index is 2.01. The van der Waals surface area contributed by atoms with Crippen LogP contribution in [0.4, 0.5) is 0 Å². The van der Waals surface area contributed by atoms with Crippen molar-refractivity contribution in [1.82, 2.24) is 5.32 Å². The lowest BCUT2D eigenvalue weighted by atomic mass is 10.1. The van der Waals surface area contributed by atoms with E-state index in [9.17, 15) is 0 Å². The highest BCUT2D eigenvalue weighted by atomic mass is 16.5. The zero-order valence-electron chi connectivity index (χ0n) is 9.45. The molecule has 0 aliphatic heterocycles. The zero-order valence-corrected chi connectivity index (χ0v) is 9.45. The van der Waals surface area contributed by atoms with Gasteiger partial charge in [-0.05, 0) is 31.6 Å². The van der Waals surface area contributed by atoms with Gasteiger partial charge in [0.2, 0.25) is 0 Å². The first-order chi connectivity index (χ1) is 7.38. The number of aliphatic hydroxyl groups is 1. The first-order valence-electron chi connectivity index (χ1n) is 5.91. The molecule has 0 saturated heterocycles. The molecule has 2 N–H and O–H groups in total. The molecule has 0 aromatic carbocycles. The lowest BCUT2D eigenvalue weighted by Crippen LogP contribution is -2.33. The van der Waals surface area contributed by atoms with E-state index in [0.29, 0.717) is 19.3 Å². The molecule has 0 aromatic heterocycles. The van der Waals surface area contributed by atoms with Gasteiger partial charge < -0.3 is 15.2 Å². The predicted octanol–water partition coefficient (Wildman–Crippen LogP) is 1.33. The van der Waals surface area contributed by atoms with E-state index < -0.39 is 0 Å². The number of rotatable bonds is 10. The van der Waals surface area contributed by atoms with Gasteiger partial charge in [0, 0.05) is 12.6 Å². The van der Waals surface area contributed by atoms with E-state index in [1.807, 2.05) is 6.08 Å². The highest BCUT2D eigenvalue weighted by molar-refractivity contribution is 4.87. The molecule has 1 atom stereocenters. The van der Waals surface area contributed by atoms with Crippen LogP contribution in [-0.2, 0) is 4.74 Å². The van der Waals surface area contributed by atoms with E-state index in [-0.39, 0.29) is 6.61 Å². The van der Waals surface area contributed by atoms with Gasteiger partial charge in [-0.15, -0.1) is 6.58 Å². The van der Waals surface area contributed by atoms with Crippen molar-refractivity contribution in [2.45, 2.75) is 31.7 Å². The predicted molar refractivity (Wildman–Crippen MR) is 61.9 cm³/mol. The second-order valence-corrected chi connectivity index (χ2v) is 4.10. The van der Waals surface area contributed by atoms with Crippen molar-refractivity contribution in [2.75, 3.05) is 26.4 Å². The summed E-state index contributed by atoms with van der Waals surface area (Å²) in [5.74, 6) is 0.878. The Morgan fingerprint density at radius 3 is 2.87 bits per heavy atom. The number of nitrogens with one attached hydrogen (secondary N) is 1. The SMILES string of the molecule is C=CCCC(NCCOCCO)C1CC1. The number of allylic oxidation sites excluding steroid dienone is 1. The number of hydrogen-bond donors (Lipinski definition) is 2. The maximum Gasteiger partial charge on any atom is 0.0698 e. The molecule has 3 nitrogen and oxygen atoms in total. The standard InChI is InChI=1S/C12H23NO2/c1-2-3-4-12(11-5-6-11)13-7-9-15-10-8-14/h2,11-14H,1,3-10H2. The topological polar surface area (TPSA) is 41.5 Å². The third-order valence-electron chi connectivity index (χ3n) is 2.76. The second-order valence-electron chi connectivity index (χ2n) is 4.10. The summed E-state index contributed by atoms with van der Waals surface area (Å²) < 4.78 is 5.21. The Hall–Kier alpha value is -0.380. The van der Waals surface area contributed by atoms with Crippen molar-refractivity contribution in [2.24, 2.45) is 5.92 Å². The second kappa shape index (κ2) is 7.85. The summed E-state index contributed by atoms with van der Waals surface area (Å²) in [4.78, 5) is 0. The molecule has 0 bridgehead atoms. The lowest BCUT2D eigenvalue weighted by Gasteiger charge is -2.17. The molecule has 3 heteroatoms. The van der Waals surface area contributed by atoms with Gasteiger partial charge in [0.25, 0.3) is 0 Å². The zero-order chi connectivity index (χ0) is 10.9. The minimum Gasteiger partial charge on any atom is -0.394 e. The normalized spacial score (nSPS) is 17.7. The van der Waals surface area contributed by atoms with Crippen LogP contribution in [-0.4, -0.2) is 37.5 Å². The van der Waals surface area contributed by atoms with E-state index >= 15 is 0 Å². The van der Waals surface area contributed by atoms with Crippen molar-refractivity contribution in [3.05, 3.63) is 12.7 Å². The maximum absolute atomic E-state index is 8.53. The van der Waals surface area contributed by atoms with Crippen molar-refractivity contribution < 1.29 is 9.84 Å². The van der Waals surface area contributed by atoms with Gasteiger partial charge in [0.1, 0.15) is 0 Å². The minimum atomic E-state index is 0.114. The fourth-order valence-electron chi connectivity index (χ4n) is 1.78. The number of hydrogen-bond acceptors (Lipinski definition) is 3. The molecule has 0 aromatic rings. The Morgan fingerprint density at radius 2 is 2.27 bits per heavy atom. The number of ether oxygens (including phenoxy) is 1. The van der Waals surface area contributed by atoms with Crippen molar-refractivity contribution in [3.8, 4) is 0 Å². The summed E-state index contributed by atoms with van der Waals surface area (Å²) in [5.41, 5.74) is 0. The highest BCUT2D eigenvalue weighted by Gasteiger charge is 2.29. The fourth-order valence-corrected chi connectivity index (χ4v) is 1.78. The smallest absolute Gasteiger partial charge is 0.0698 e. The quantitative estimate of drug-likeness (QED) is 0.425. The maximum atomic E-state index is 8.53. The van der Waals surface area contributed by atoms with Crippen LogP contribution in [0, 0.1) is 5.92 Å². The molecule has 0 heterocycles. The van der Waals surface area contributed by atoms with E-state index in [0.717, 1.165) is 18.9 Å². The Bertz CT molecular complexity index is 169. The van der Waals surface area contributed by atoms with E-state index in [2.05, 4.69) is 11.9 Å². The summed E-state index contributed by atoms with van der Waals surface area (Å²) in [7, 11) is 0. The summed E-state index contributed by atoms with van der Waals surface area (Å²) in [6, 6.07) is 0.640. The van der Waals surface area contributed by atoms with Gasteiger partial charge in [-0.1, -0.05) is 6.08 Å².